The second kappa shape index (κ2) is 8.84. The van der Waals surface area contributed by atoms with Crippen LogP contribution >= 0.6 is 0 Å². The van der Waals surface area contributed by atoms with Crippen LogP contribution in [0.1, 0.15) is 57.8 Å². The molecule has 0 aromatic heterocycles. The summed E-state index contributed by atoms with van der Waals surface area (Å²) in [4.78, 5) is 0. The molecule has 0 radical (unpaired) electrons. The van der Waals surface area contributed by atoms with Gasteiger partial charge in [0.05, 0.1) is 0 Å². The molecular formula is C12H22Fe. The van der Waals surface area contributed by atoms with Crippen molar-refractivity contribution in [3.8, 4) is 0 Å². The van der Waals surface area contributed by atoms with Crippen LogP contribution in [0, 0.1) is 5.92 Å². The average Bonchev–Trinajstić information content (AvgIpc) is 2.81. The maximum Gasteiger partial charge on any atom is 0 e. The molecule has 0 heterocycles. The summed E-state index contributed by atoms with van der Waals surface area (Å²) in [6.45, 7) is 3.74. The van der Waals surface area contributed by atoms with Crippen molar-refractivity contribution in [2.75, 3.05) is 0 Å². The number of hydrogen-bond donors (Lipinski definition) is 0. The quantitative estimate of drug-likeness (QED) is 0.458. The predicted molar refractivity (Wildman–Crippen MR) is 55.2 cm³/mol. The minimum absolute atomic E-state index is 0. The van der Waals surface area contributed by atoms with E-state index in [0.717, 1.165) is 5.92 Å². The summed E-state index contributed by atoms with van der Waals surface area (Å²) in [6.07, 6.45) is 15.2. The summed E-state index contributed by atoms with van der Waals surface area (Å²) in [6, 6.07) is 0. The molecule has 0 atom stereocenters. The topological polar surface area (TPSA) is 0 Å². The van der Waals surface area contributed by atoms with Crippen molar-refractivity contribution >= 4 is 0 Å². The number of hydrogen-bond acceptors (Lipinski definition) is 0. The maximum atomic E-state index is 3.74. The van der Waals surface area contributed by atoms with E-state index in [2.05, 4.69) is 12.7 Å². The molecular weight excluding hydrogens is 200 g/mol. The molecule has 0 saturated heterocycles. The molecule has 0 amide bonds. The summed E-state index contributed by atoms with van der Waals surface area (Å²) in [7, 11) is 0. The van der Waals surface area contributed by atoms with Crippen LogP contribution in [0.3, 0.4) is 0 Å². The van der Waals surface area contributed by atoms with Crippen LogP contribution in [0.15, 0.2) is 12.7 Å². The number of rotatable bonds is 1. The van der Waals surface area contributed by atoms with Gasteiger partial charge in [-0.1, -0.05) is 51.0 Å². The first-order valence-electron chi connectivity index (χ1n) is 5.56. The van der Waals surface area contributed by atoms with E-state index >= 15 is 0 Å². The normalized spacial score (nSPS) is 21.5. The predicted octanol–water partition coefficient (Wildman–Crippen LogP) is 4.31. The smallest absolute Gasteiger partial charge is 0 e. The third-order valence-corrected chi connectivity index (χ3v) is 2.98. The summed E-state index contributed by atoms with van der Waals surface area (Å²) in [5.74, 6) is 0.861. The molecule has 1 heteroatoms. The minimum Gasteiger partial charge on any atom is -0.103 e. The fraction of sp³-hybridized carbons (Fsp3) is 0.833. The maximum absolute atomic E-state index is 3.74. The Morgan fingerprint density at radius 1 is 0.769 bits per heavy atom. The van der Waals surface area contributed by atoms with Gasteiger partial charge in [-0.15, -0.1) is 6.58 Å². The van der Waals surface area contributed by atoms with Gasteiger partial charge in [0.15, 0.2) is 0 Å². The molecule has 0 spiro atoms. The molecule has 0 aromatic carbocycles. The van der Waals surface area contributed by atoms with Crippen molar-refractivity contribution in [1.82, 2.24) is 0 Å². The molecule has 78 valence electrons. The van der Waals surface area contributed by atoms with E-state index in [1.165, 1.54) is 57.8 Å². The van der Waals surface area contributed by atoms with Gasteiger partial charge in [-0.2, -0.15) is 0 Å². The SMILES string of the molecule is C1CCCC1.C=CC1CCCC1.[Fe]. The molecule has 0 bridgehead atoms. The standard InChI is InChI=1S/C7H12.C5H10.Fe/c1-2-7-5-3-4-6-7;1-2-4-5-3-1;/h2,7H,1,3-6H2;1-5H2;. The van der Waals surface area contributed by atoms with Gasteiger partial charge in [0.25, 0.3) is 0 Å². The number of allylic oxidation sites excluding steroid dienone is 1. The third-order valence-electron chi connectivity index (χ3n) is 2.98. The van der Waals surface area contributed by atoms with E-state index in [-0.39, 0.29) is 17.1 Å². The first-order valence-corrected chi connectivity index (χ1v) is 5.56. The Bertz CT molecular complexity index is 103. The van der Waals surface area contributed by atoms with Crippen molar-refractivity contribution in [3.63, 3.8) is 0 Å². The van der Waals surface area contributed by atoms with Gasteiger partial charge >= 0.3 is 0 Å². The summed E-state index contributed by atoms with van der Waals surface area (Å²) < 4.78 is 0. The van der Waals surface area contributed by atoms with Crippen LogP contribution in [0.5, 0.6) is 0 Å². The van der Waals surface area contributed by atoms with Gasteiger partial charge in [-0.3, -0.25) is 0 Å². The Hall–Kier alpha value is 0.259. The van der Waals surface area contributed by atoms with Crippen LogP contribution in [-0.4, -0.2) is 0 Å². The molecule has 0 unspecified atom stereocenters. The molecule has 2 rings (SSSR count). The van der Waals surface area contributed by atoms with Crippen molar-refractivity contribution in [2.24, 2.45) is 5.92 Å². The van der Waals surface area contributed by atoms with Crippen LogP contribution in [-0.2, 0) is 17.1 Å². The average molecular weight is 222 g/mol. The molecule has 2 saturated carbocycles. The largest absolute Gasteiger partial charge is 0.103 e. The first-order chi connectivity index (χ1) is 5.93. The molecule has 0 aliphatic heterocycles. The van der Waals surface area contributed by atoms with E-state index in [1.54, 1.807) is 0 Å². The molecule has 0 nitrogen and oxygen atoms in total. The zero-order valence-corrected chi connectivity index (χ0v) is 9.68. The summed E-state index contributed by atoms with van der Waals surface area (Å²) in [5, 5.41) is 0. The second-order valence-electron chi connectivity index (χ2n) is 4.05. The van der Waals surface area contributed by atoms with Gasteiger partial charge in [-0.25, -0.2) is 0 Å². The van der Waals surface area contributed by atoms with Gasteiger partial charge in [0, 0.05) is 17.1 Å². The van der Waals surface area contributed by atoms with Gasteiger partial charge in [-0.05, 0) is 18.8 Å². The monoisotopic (exact) mass is 222 g/mol. The van der Waals surface area contributed by atoms with Crippen LogP contribution in [0.2, 0.25) is 0 Å². The minimum atomic E-state index is 0. The Balaban J connectivity index is 0.000000215. The third kappa shape index (κ3) is 6.35. The Morgan fingerprint density at radius 3 is 1.38 bits per heavy atom. The van der Waals surface area contributed by atoms with Gasteiger partial charge < -0.3 is 0 Å². The zero-order chi connectivity index (χ0) is 8.65. The van der Waals surface area contributed by atoms with Crippen molar-refractivity contribution in [3.05, 3.63) is 12.7 Å². The molecule has 13 heavy (non-hydrogen) atoms. The Morgan fingerprint density at radius 2 is 1.15 bits per heavy atom. The Kier molecular flexibility index (Phi) is 9.02. The van der Waals surface area contributed by atoms with E-state index in [9.17, 15) is 0 Å². The van der Waals surface area contributed by atoms with Crippen molar-refractivity contribution < 1.29 is 17.1 Å². The van der Waals surface area contributed by atoms with Gasteiger partial charge in [0.2, 0.25) is 0 Å². The summed E-state index contributed by atoms with van der Waals surface area (Å²) in [5.41, 5.74) is 0. The fourth-order valence-corrected chi connectivity index (χ4v) is 2.08. The van der Waals surface area contributed by atoms with E-state index in [0.29, 0.717) is 0 Å². The second-order valence-corrected chi connectivity index (χ2v) is 4.05. The molecule has 0 N–H and O–H groups in total. The van der Waals surface area contributed by atoms with Crippen molar-refractivity contribution in [2.45, 2.75) is 57.8 Å². The van der Waals surface area contributed by atoms with E-state index < -0.39 is 0 Å². The van der Waals surface area contributed by atoms with Gasteiger partial charge in [0.1, 0.15) is 0 Å². The van der Waals surface area contributed by atoms with E-state index in [1.807, 2.05) is 0 Å². The first kappa shape index (κ1) is 13.3. The molecule has 2 aliphatic carbocycles. The van der Waals surface area contributed by atoms with Crippen LogP contribution in [0.4, 0.5) is 0 Å². The zero-order valence-electron chi connectivity index (χ0n) is 8.58. The fourth-order valence-electron chi connectivity index (χ4n) is 2.08. The molecule has 2 aliphatic rings. The Labute approximate surface area is 93.7 Å². The summed E-state index contributed by atoms with van der Waals surface area (Å²) >= 11 is 0. The van der Waals surface area contributed by atoms with Crippen molar-refractivity contribution in [1.29, 1.82) is 0 Å². The van der Waals surface area contributed by atoms with Crippen LogP contribution < -0.4 is 0 Å². The molecule has 0 aromatic rings. The van der Waals surface area contributed by atoms with E-state index in [4.69, 9.17) is 0 Å². The van der Waals surface area contributed by atoms with Crippen LogP contribution in [0.25, 0.3) is 0 Å². The molecule has 2 fully saturated rings.